The van der Waals surface area contributed by atoms with Gasteiger partial charge in [-0.3, -0.25) is 0 Å². The SMILES string of the molecule is C[C@H]1[C@@H]([C@H](CN)CC(=N)c2ccc[nH]2)OC[C@@H]1n1cc(CC2CCCCC2)nn1. The molecule has 29 heavy (non-hydrogen) atoms. The fraction of sp³-hybridized carbons (Fsp3) is 0.682. The van der Waals surface area contributed by atoms with Gasteiger partial charge in [-0.2, -0.15) is 0 Å². The van der Waals surface area contributed by atoms with E-state index < -0.39 is 0 Å². The number of nitrogens with one attached hydrogen (secondary N) is 2. The minimum atomic E-state index is 0.0336. The maximum atomic E-state index is 8.38. The molecule has 0 unspecified atom stereocenters. The molecule has 2 aromatic rings. The minimum Gasteiger partial charge on any atom is -0.375 e. The van der Waals surface area contributed by atoms with E-state index in [2.05, 4.69) is 28.4 Å². The smallest absolute Gasteiger partial charge is 0.0830 e. The third-order valence-electron chi connectivity index (χ3n) is 6.86. The van der Waals surface area contributed by atoms with Crippen molar-refractivity contribution < 1.29 is 4.74 Å². The molecule has 7 heteroatoms. The topological polar surface area (TPSA) is 106 Å². The van der Waals surface area contributed by atoms with Crippen molar-refractivity contribution in [3.63, 3.8) is 0 Å². The Balaban J connectivity index is 1.37. The maximum absolute atomic E-state index is 8.38. The number of rotatable bonds is 8. The van der Waals surface area contributed by atoms with E-state index in [1.807, 2.05) is 23.0 Å². The second kappa shape index (κ2) is 9.22. The zero-order valence-electron chi connectivity index (χ0n) is 17.4. The van der Waals surface area contributed by atoms with Gasteiger partial charge in [-0.05, 0) is 37.4 Å². The van der Waals surface area contributed by atoms with E-state index in [9.17, 15) is 0 Å². The van der Waals surface area contributed by atoms with Gasteiger partial charge in [-0.25, -0.2) is 4.68 Å². The van der Waals surface area contributed by atoms with E-state index in [1.54, 1.807) is 0 Å². The van der Waals surface area contributed by atoms with E-state index in [0.717, 1.165) is 23.7 Å². The second-order valence-electron chi connectivity index (χ2n) is 8.88. The lowest BCUT2D eigenvalue weighted by atomic mass is 9.85. The van der Waals surface area contributed by atoms with E-state index >= 15 is 0 Å². The van der Waals surface area contributed by atoms with Gasteiger partial charge in [-0.15, -0.1) is 5.10 Å². The zero-order valence-corrected chi connectivity index (χ0v) is 17.4. The van der Waals surface area contributed by atoms with Crippen LogP contribution in [-0.4, -0.2) is 44.9 Å². The Labute approximate surface area is 172 Å². The molecular weight excluding hydrogens is 364 g/mol. The molecule has 2 aliphatic rings. The zero-order chi connectivity index (χ0) is 20.2. The highest BCUT2D eigenvalue weighted by Crippen LogP contribution is 2.36. The summed E-state index contributed by atoms with van der Waals surface area (Å²) in [6.07, 6.45) is 12.4. The number of nitrogens with two attached hydrogens (primary N) is 1. The molecule has 0 amide bonds. The van der Waals surface area contributed by atoms with Crippen LogP contribution in [0.2, 0.25) is 0 Å². The lowest BCUT2D eigenvalue weighted by Crippen LogP contribution is -2.34. The van der Waals surface area contributed by atoms with E-state index in [1.165, 1.54) is 32.1 Å². The van der Waals surface area contributed by atoms with Crippen molar-refractivity contribution >= 4 is 5.71 Å². The molecule has 4 N–H and O–H groups in total. The van der Waals surface area contributed by atoms with Crippen LogP contribution < -0.4 is 5.73 Å². The normalized spacial score (nSPS) is 26.6. The fourth-order valence-electron chi connectivity index (χ4n) is 5.09. The van der Waals surface area contributed by atoms with Crippen molar-refractivity contribution in [2.24, 2.45) is 23.5 Å². The first-order valence-electron chi connectivity index (χ1n) is 11.1. The number of H-pyrrole nitrogens is 1. The van der Waals surface area contributed by atoms with Crippen LogP contribution in [0.1, 0.15) is 62.9 Å². The predicted octanol–water partition coefficient (Wildman–Crippen LogP) is 3.34. The van der Waals surface area contributed by atoms with Gasteiger partial charge in [0, 0.05) is 24.2 Å². The molecule has 158 valence electrons. The Hall–Kier alpha value is -1.99. The van der Waals surface area contributed by atoms with Crippen molar-refractivity contribution in [2.75, 3.05) is 13.2 Å². The van der Waals surface area contributed by atoms with E-state index in [0.29, 0.717) is 25.3 Å². The monoisotopic (exact) mass is 398 g/mol. The molecule has 1 aliphatic carbocycles. The Morgan fingerprint density at radius 1 is 1.38 bits per heavy atom. The lowest BCUT2D eigenvalue weighted by molar-refractivity contribution is 0.0500. The van der Waals surface area contributed by atoms with Gasteiger partial charge < -0.3 is 20.9 Å². The van der Waals surface area contributed by atoms with Gasteiger partial charge in [0.05, 0.1) is 35.9 Å². The first kappa shape index (κ1) is 20.3. The highest BCUT2D eigenvalue weighted by Gasteiger charge is 2.40. The summed E-state index contributed by atoms with van der Waals surface area (Å²) in [6, 6.07) is 4.03. The quantitative estimate of drug-likeness (QED) is 0.593. The maximum Gasteiger partial charge on any atom is 0.0830 e. The van der Waals surface area contributed by atoms with Crippen LogP contribution in [0.5, 0.6) is 0 Å². The summed E-state index contributed by atoms with van der Waals surface area (Å²) in [7, 11) is 0. The van der Waals surface area contributed by atoms with Gasteiger partial charge in [0.1, 0.15) is 0 Å². The van der Waals surface area contributed by atoms with Crippen molar-refractivity contribution in [1.29, 1.82) is 5.41 Å². The first-order valence-corrected chi connectivity index (χ1v) is 11.1. The van der Waals surface area contributed by atoms with Crippen molar-refractivity contribution in [3.05, 3.63) is 35.9 Å². The third-order valence-corrected chi connectivity index (χ3v) is 6.86. The van der Waals surface area contributed by atoms with Crippen molar-refractivity contribution in [2.45, 2.75) is 64.0 Å². The van der Waals surface area contributed by atoms with Crippen LogP contribution in [0.15, 0.2) is 24.5 Å². The average Bonchev–Trinajstić information content (AvgIpc) is 3.48. The molecule has 0 aromatic carbocycles. The first-order chi connectivity index (χ1) is 14.2. The van der Waals surface area contributed by atoms with Crippen LogP contribution in [0.25, 0.3) is 0 Å². The van der Waals surface area contributed by atoms with Crippen molar-refractivity contribution in [3.8, 4) is 0 Å². The van der Waals surface area contributed by atoms with Crippen molar-refractivity contribution in [1.82, 2.24) is 20.0 Å². The fourth-order valence-corrected chi connectivity index (χ4v) is 5.09. The molecule has 1 saturated heterocycles. The minimum absolute atomic E-state index is 0.0336. The van der Waals surface area contributed by atoms with Crippen LogP contribution in [0.4, 0.5) is 0 Å². The Morgan fingerprint density at radius 2 is 2.21 bits per heavy atom. The largest absolute Gasteiger partial charge is 0.375 e. The van der Waals surface area contributed by atoms with Crippen LogP contribution in [-0.2, 0) is 11.2 Å². The van der Waals surface area contributed by atoms with Gasteiger partial charge in [0.2, 0.25) is 0 Å². The molecule has 0 radical (unpaired) electrons. The van der Waals surface area contributed by atoms with Gasteiger partial charge in [0.25, 0.3) is 0 Å². The number of ether oxygens (including phenoxy) is 1. The molecule has 2 fully saturated rings. The molecule has 2 aromatic heterocycles. The van der Waals surface area contributed by atoms with E-state index in [-0.39, 0.29) is 24.0 Å². The Kier molecular flexibility index (Phi) is 6.45. The third kappa shape index (κ3) is 4.61. The molecule has 1 aliphatic heterocycles. The second-order valence-corrected chi connectivity index (χ2v) is 8.88. The molecule has 3 heterocycles. The highest BCUT2D eigenvalue weighted by molar-refractivity contribution is 5.96. The number of hydrogen-bond donors (Lipinski definition) is 3. The summed E-state index contributed by atoms with van der Waals surface area (Å²) >= 11 is 0. The summed E-state index contributed by atoms with van der Waals surface area (Å²) < 4.78 is 8.19. The van der Waals surface area contributed by atoms with Crippen LogP contribution in [0.3, 0.4) is 0 Å². The van der Waals surface area contributed by atoms with Gasteiger partial charge >= 0.3 is 0 Å². The lowest BCUT2D eigenvalue weighted by Gasteiger charge is -2.26. The number of aromatic nitrogens is 4. The summed E-state index contributed by atoms with van der Waals surface area (Å²) in [5.74, 6) is 1.17. The molecule has 4 rings (SSSR count). The Morgan fingerprint density at radius 3 is 2.93 bits per heavy atom. The van der Waals surface area contributed by atoms with Crippen LogP contribution in [0, 0.1) is 23.2 Å². The molecule has 1 saturated carbocycles. The number of aromatic amines is 1. The van der Waals surface area contributed by atoms with E-state index in [4.69, 9.17) is 15.9 Å². The molecule has 0 spiro atoms. The highest BCUT2D eigenvalue weighted by atomic mass is 16.5. The van der Waals surface area contributed by atoms with Crippen LogP contribution >= 0.6 is 0 Å². The predicted molar refractivity (Wildman–Crippen MR) is 113 cm³/mol. The summed E-state index contributed by atoms with van der Waals surface area (Å²) in [6.45, 7) is 3.35. The molecular formula is C22H34N6O. The van der Waals surface area contributed by atoms with Gasteiger partial charge in [-0.1, -0.05) is 44.2 Å². The number of nitrogens with zero attached hydrogens (tertiary/aromatic N) is 3. The summed E-state index contributed by atoms with van der Waals surface area (Å²) in [5.41, 5.74) is 8.63. The summed E-state index contributed by atoms with van der Waals surface area (Å²) in [5, 5.41) is 17.3. The molecule has 7 nitrogen and oxygen atoms in total. The molecule has 4 atom stereocenters. The van der Waals surface area contributed by atoms with Gasteiger partial charge in [0.15, 0.2) is 0 Å². The number of hydrogen-bond acceptors (Lipinski definition) is 5. The standard InChI is InChI=1S/C22H34N6O/c1-15-21(28-13-18(26-27-28)10-16-6-3-2-4-7-16)14-29-22(15)17(12-23)11-19(24)20-8-5-9-25-20/h5,8-9,13,15-17,21-22,24-25H,2-4,6-7,10-12,14,23H2,1H3/t15-,17+,21+,22+/m1/s1. The Bertz CT molecular complexity index is 779. The summed E-state index contributed by atoms with van der Waals surface area (Å²) in [4.78, 5) is 3.11. The average molecular weight is 399 g/mol. The molecule has 0 bridgehead atoms.